The molecule has 8 nitrogen and oxygen atoms in total. The van der Waals surface area contributed by atoms with Gasteiger partial charge < -0.3 is 19.5 Å². The minimum absolute atomic E-state index is 0.0104. The summed E-state index contributed by atoms with van der Waals surface area (Å²) >= 11 is 0. The molecule has 0 fully saturated rings. The van der Waals surface area contributed by atoms with E-state index >= 15 is 0 Å². The molecule has 1 heterocycles. The van der Waals surface area contributed by atoms with E-state index in [1.54, 1.807) is 7.05 Å². The highest BCUT2D eigenvalue weighted by molar-refractivity contribution is 5.96. The largest absolute Gasteiger partial charge is 0.467 e. The van der Waals surface area contributed by atoms with Crippen LogP contribution in [0.2, 0.25) is 0 Å². The van der Waals surface area contributed by atoms with Gasteiger partial charge in [-0.15, -0.1) is 0 Å². The number of nitrogens with zero attached hydrogens (tertiary/aromatic N) is 1. The molecule has 0 unspecified atom stereocenters. The molecule has 1 aliphatic heterocycles. The Hall–Kier alpha value is -3.20. The van der Waals surface area contributed by atoms with Crippen molar-refractivity contribution in [1.29, 1.82) is 0 Å². The van der Waals surface area contributed by atoms with Crippen molar-refractivity contribution in [3.05, 3.63) is 63.0 Å². The molecule has 9 heteroatoms. The molecule has 26 heavy (non-hydrogen) atoms. The van der Waals surface area contributed by atoms with Crippen LogP contribution in [-0.2, 0) is 22.7 Å². The zero-order valence-corrected chi connectivity index (χ0v) is 13.8. The molecule has 0 bridgehead atoms. The molecule has 0 spiro atoms. The van der Waals surface area contributed by atoms with Crippen LogP contribution in [0.15, 0.2) is 30.3 Å². The van der Waals surface area contributed by atoms with E-state index in [0.29, 0.717) is 22.6 Å². The Morgan fingerprint density at radius 1 is 1.38 bits per heavy atom. The second kappa shape index (κ2) is 7.36. The molecule has 0 aliphatic carbocycles. The Balaban J connectivity index is 1.83. The van der Waals surface area contributed by atoms with E-state index in [9.17, 15) is 19.3 Å². The molecule has 2 aromatic carbocycles. The van der Waals surface area contributed by atoms with E-state index in [4.69, 9.17) is 14.2 Å². The summed E-state index contributed by atoms with van der Waals surface area (Å²) in [6.07, 6.45) is 0. The van der Waals surface area contributed by atoms with Crippen LogP contribution in [0.25, 0.3) is 0 Å². The average molecular weight is 362 g/mol. The Bertz CT molecular complexity index is 871. The number of carbonyl (C=O) groups excluding carboxylic acids is 1. The normalized spacial score (nSPS) is 12.7. The second-order valence-corrected chi connectivity index (χ2v) is 5.48. The highest BCUT2D eigenvalue weighted by Gasteiger charge is 2.21. The first-order valence-electron chi connectivity index (χ1n) is 7.64. The SMILES string of the molecule is CNc1ccc([N+](=O)[O-])cc1C(=O)OCc1cc(F)cc2c1OCOC2. The molecule has 0 saturated carbocycles. The third-order valence-electron chi connectivity index (χ3n) is 3.81. The number of esters is 1. The summed E-state index contributed by atoms with van der Waals surface area (Å²) in [6, 6.07) is 6.32. The first-order valence-corrected chi connectivity index (χ1v) is 7.64. The Morgan fingerprint density at radius 3 is 2.92 bits per heavy atom. The van der Waals surface area contributed by atoms with Crippen molar-refractivity contribution < 1.29 is 28.3 Å². The molecule has 0 saturated heterocycles. The van der Waals surface area contributed by atoms with Crippen LogP contribution in [0, 0.1) is 15.9 Å². The molecular weight excluding hydrogens is 347 g/mol. The average Bonchev–Trinajstić information content (AvgIpc) is 2.65. The van der Waals surface area contributed by atoms with Gasteiger partial charge in [0, 0.05) is 36.0 Å². The van der Waals surface area contributed by atoms with Crippen LogP contribution in [0.3, 0.4) is 0 Å². The van der Waals surface area contributed by atoms with Crippen molar-refractivity contribution in [2.24, 2.45) is 0 Å². The number of halogens is 1. The smallest absolute Gasteiger partial charge is 0.340 e. The number of fused-ring (bicyclic) bond motifs is 1. The fourth-order valence-electron chi connectivity index (χ4n) is 2.62. The fourth-order valence-corrected chi connectivity index (χ4v) is 2.62. The number of benzene rings is 2. The van der Waals surface area contributed by atoms with Crippen molar-refractivity contribution >= 4 is 17.3 Å². The molecule has 136 valence electrons. The van der Waals surface area contributed by atoms with Gasteiger partial charge in [-0.25, -0.2) is 9.18 Å². The maximum atomic E-state index is 13.7. The number of nitro groups is 1. The number of hydrogen-bond acceptors (Lipinski definition) is 7. The van der Waals surface area contributed by atoms with Crippen molar-refractivity contribution in [2.75, 3.05) is 19.2 Å². The van der Waals surface area contributed by atoms with E-state index < -0.39 is 16.7 Å². The van der Waals surface area contributed by atoms with Gasteiger partial charge in [0.05, 0.1) is 17.1 Å². The Morgan fingerprint density at radius 2 is 2.19 bits per heavy atom. The monoisotopic (exact) mass is 362 g/mol. The molecule has 0 aromatic heterocycles. The van der Waals surface area contributed by atoms with E-state index in [2.05, 4.69) is 5.32 Å². The lowest BCUT2D eigenvalue weighted by atomic mass is 10.1. The van der Waals surface area contributed by atoms with Gasteiger partial charge in [0.2, 0.25) is 0 Å². The van der Waals surface area contributed by atoms with E-state index in [-0.39, 0.29) is 31.3 Å². The van der Waals surface area contributed by atoms with Crippen LogP contribution < -0.4 is 10.1 Å². The van der Waals surface area contributed by atoms with Gasteiger partial charge in [-0.3, -0.25) is 10.1 Å². The van der Waals surface area contributed by atoms with Crippen molar-refractivity contribution in [3.8, 4) is 5.75 Å². The maximum absolute atomic E-state index is 13.7. The predicted molar refractivity (Wildman–Crippen MR) is 88.4 cm³/mol. The van der Waals surface area contributed by atoms with Gasteiger partial charge in [-0.1, -0.05) is 0 Å². The van der Waals surface area contributed by atoms with Crippen molar-refractivity contribution in [2.45, 2.75) is 13.2 Å². The number of hydrogen-bond donors (Lipinski definition) is 1. The maximum Gasteiger partial charge on any atom is 0.340 e. The highest BCUT2D eigenvalue weighted by Crippen LogP contribution is 2.30. The molecule has 0 amide bonds. The lowest BCUT2D eigenvalue weighted by molar-refractivity contribution is -0.384. The summed E-state index contributed by atoms with van der Waals surface area (Å²) in [5, 5.41) is 13.7. The minimum atomic E-state index is -0.775. The summed E-state index contributed by atoms with van der Waals surface area (Å²) in [6.45, 7) is -0.0258. The third kappa shape index (κ3) is 3.57. The topological polar surface area (TPSA) is 99.9 Å². The Kier molecular flexibility index (Phi) is 4.99. The van der Waals surface area contributed by atoms with E-state index in [1.807, 2.05) is 0 Å². The molecule has 1 aliphatic rings. The molecule has 1 N–H and O–H groups in total. The van der Waals surface area contributed by atoms with Gasteiger partial charge in [0.15, 0.2) is 6.79 Å². The zero-order valence-electron chi connectivity index (χ0n) is 13.8. The summed E-state index contributed by atoms with van der Waals surface area (Å²) < 4.78 is 29.4. The molecule has 0 radical (unpaired) electrons. The Labute approximate surface area is 147 Å². The summed E-state index contributed by atoms with van der Waals surface area (Å²) in [5.74, 6) is -0.864. The number of ether oxygens (including phenoxy) is 3. The van der Waals surface area contributed by atoms with Gasteiger partial charge in [0.25, 0.3) is 5.69 Å². The van der Waals surface area contributed by atoms with Crippen molar-refractivity contribution in [1.82, 2.24) is 0 Å². The number of carbonyl (C=O) groups is 1. The summed E-state index contributed by atoms with van der Waals surface area (Å²) in [7, 11) is 1.58. The van der Waals surface area contributed by atoms with E-state index in [0.717, 1.165) is 6.07 Å². The lowest BCUT2D eigenvalue weighted by Crippen LogP contribution is -2.15. The first-order chi connectivity index (χ1) is 12.5. The standard InChI is InChI=1S/C17H15FN2O6/c1-19-15-3-2-13(20(22)23)6-14(15)17(21)25-8-11-5-12(18)4-10-7-24-9-26-16(10)11/h2-6,19H,7-9H2,1H3. The van der Waals surface area contributed by atoms with Gasteiger partial charge in [0.1, 0.15) is 18.2 Å². The van der Waals surface area contributed by atoms with Crippen LogP contribution in [0.5, 0.6) is 5.75 Å². The van der Waals surface area contributed by atoms with E-state index in [1.165, 1.54) is 24.3 Å². The predicted octanol–water partition coefficient (Wildman–Crippen LogP) is 3.00. The fraction of sp³-hybridized carbons (Fsp3) is 0.235. The number of non-ortho nitro benzene ring substituents is 1. The quantitative estimate of drug-likeness (QED) is 0.496. The summed E-state index contributed by atoms with van der Waals surface area (Å²) in [4.78, 5) is 22.7. The summed E-state index contributed by atoms with van der Waals surface area (Å²) in [5.41, 5.74) is 1.03. The number of nitro benzene ring substituents is 1. The number of anilines is 1. The molecule has 0 atom stereocenters. The minimum Gasteiger partial charge on any atom is -0.467 e. The van der Waals surface area contributed by atoms with Crippen molar-refractivity contribution in [3.63, 3.8) is 0 Å². The van der Waals surface area contributed by atoms with Gasteiger partial charge in [-0.2, -0.15) is 0 Å². The van der Waals surface area contributed by atoms with Crippen LogP contribution in [0.4, 0.5) is 15.8 Å². The molecule has 3 rings (SSSR count). The molecule has 2 aromatic rings. The lowest BCUT2D eigenvalue weighted by Gasteiger charge is -2.20. The van der Waals surface area contributed by atoms with Gasteiger partial charge >= 0.3 is 5.97 Å². The third-order valence-corrected chi connectivity index (χ3v) is 3.81. The first kappa shape index (κ1) is 17.6. The van der Waals surface area contributed by atoms with Crippen LogP contribution in [-0.4, -0.2) is 24.7 Å². The number of nitrogens with one attached hydrogen (secondary N) is 1. The molecular formula is C17H15FN2O6. The van der Waals surface area contributed by atoms with Gasteiger partial charge in [-0.05, 0) is 18.2 Å². The van der Waals surface area contributed by atoms with Crippen LogP contribution in [0.1, 0.15) is 21.5 Å². The highest BCUT2D eigenvalue weighted by atomic mass is 19.1. The van der Waals surface area contributed by atoms with Crippen LogP contribution >= 0.6 is 0 Å². The zero-order chi connectivity index (χ0) is 18.7. The number of rotatable bonds is 5. The second-order valence-electron chi connectivity index (χ2n) is 5.48.